The van der Waals surface area contributed by atoms with Gasteiger partial charge in [-0.2, -0.15) is 0 Å². The molecule has 0 radical (unpaired) electrons. The number of fused-ring (bicyclic) bond motifs is 5. The fraction of sp³-hybridized carbons (Fsp3) is 0.0667. The van der Waals surface area contributed by atoms with Crippen molar-refractivity contribution in [3.05, 3.63) is 202 Å². The minimum absolute atomic E-state index is 0.0554. The van der Waals surface area contributed by atoms with Crippen LogP contribution < -0.4 is 45.0 Å². The lowest BCUT2D eigenvalue weighted by Gasteiger charge is -2.37. The Balaban J connectivity index is 0.888. The number of aliphatic hydroxyl groups is 1. The van der Waals surface area contributed by atoms with E-state index in [9.17, 15) is 43.5 Å². The van der Waals surface area contributed by atoms with E-state index >= 15 is 0 Å². The smallest absolute Gasteiger partial charge is 0.343 e. The van der Waals surface area contributed by atoms with Crippen molar-refractivity contribution in [3.8, 4) is 28.7 Å². The second-order valence-corrected chi connectivity index (χ2v) is 26.1. The van der Waals surface area contributed by atoms with E-state index in [1.165, 1.54) is 72.8 Å². The molecule has 6 aromatic carbocycles. The number of thioether (sulfide) groups is 4. The molecule has 12 rings (SSSR count). The first-order valence-electron chi connectivity index (χ1n) is 25.3. The number of hydrogen-bond acceptors (Lipinski definition) is 22. The predicted octanol–water partition coefficient (Wildman–Crippen LogP) is 9.33. The molecule has 0 spiro atoms. The van der Waals surface area contributed by atoms with E-state index in [0.717, 1.165) is 47.0 Å². The fourth-order valence-electron chi connectivity index (χ4n) is 9.60. The summed E-state index contributed by atoms with van der Waals surface area (Å²) in [5, 5.41) is 22.9. The van der Waals surface area contributed by atoms with E-state index in [1.54, 1.807) is 72.8 Å². The molecule has 6 aromatic rings. The number of carbonyl (C=O) groups excluding carboxylic acids is 8. The van der Waals surface area contributed by atoms with Crippen LogP contribution in [0.3, 0.4) is 0 Å². The molecule has 2 atom stereocenters. The molecular formula is C60H34N4O14S8. The zero-order valence-electron chi connectivity index (χ0n) is 43.4. The summed E-state index contributed by atoms with van der Waals surface area (Å²) in [7, 11) is 0. The van der Waals surface area contributed by atoms with Gasteiger partial charge < -0.3 is 50.1 Å². The molecule has 1 aliphatic carbocycles. The van der Waals surface area contributed by atoms with Crippen LogP contribution in [0.5, 0.6) is 28.7 Å². The summed E-state index contributed by atoms with van der Waals surface area (Å²) in [5.74, 6) is -6.93. The molecule has 86 heavy (non-hydrogen) atoms. The normalized spacial score (nSPS) is 20.3. The summed E-state index contributed by atoms with van der Waals surface area (Å²) in [6, 6.07) is 30.6. The van der Waals surface area contributed by atoms with Gasteiger partial charge in [0.15, 0.2) is 23.0 Å². The van der Waals surface area contributed by atoms with Crippen LogP contribution in [0.25, 0.3) is 24.3 Å². The molecule has 0 bridgehead atoms. The van der Waals surface area contributed by atoms with Crippen molar-refractivity contribution in [2.24, 2.45) is 0 Å². The number of esters is 4. The standard InChI is InChI=1S/C60H34N4O14S8/c65-48-41(83-56(79)61-48)19-27-1-9-31(10-2-27)52(69)75-38-18-17-36-45-37-24-40(77-54(71)33-13-5-29(6-14-33)21-43-50(67)63-58(81)85-43)39(76-53(70)32-11-3-28(4-12-32)20-42-49(66)62-57(80)84-42)23-35(37)25-60(45,73)26-74-46(36)47(38)78-55(72)34-15-7-30(8-16-34)22-44-51(68)64-59(82)86-44/h1-24,45,73H,25-26H2,(H,61,65,79)(H,62,66,80)(H,63,67,81)(H,64,68,82)/b41-19-,42-20-,43-21-,44-22-/t45-,60+/m0/s1. The first-order chi connectivity index (χ1) is 41.3. The molecule has 4 fully saturated rings. The quantitative estimate of drug-likeness (QED) is 0.0331. The van der Waals surface area contributed by atoms with Crippen molar-refractivity contribution in [1.82, 2.24) is 21.3 Å². The minimum atomic E-state index is -1.72. The lowest BCUT2D eigenvalue weighted by Crippen LogP contribution is -2.44. The molecule has 5 N–H and O–H groups in total. The van der Waals surface area contributed by atoms with Crippen LogP contribution >= 0.6 is 95.9 Å². The Morgan fingerprint density at radius 3 is 1.15 bits per heavy atom. The van der Waals surface area contributed by atoms with Crippen molar-refractivity contribution in [1.29, 1.82) is 0 Å². The zero-order chi connectivity index (χ0) is 60.1. The molecule has 5 aliphatic heterocycles. The predicted molar refractivity (Wildman–Crippen MR) is 340 cm³/mol. The average Bonchev–Trinajstić information content (AvgIpc) is 1.62. The van der Waals surface area contributed by atoms with Gasteiger partial charge in [-0.05, 0) is 124 Å². The maximum absolute atomic E-state index is 14.2. The Hall–Kier alpha value is -8.44. The highest BCUT2D eigenvalue weighted by molar-refractivity contribution is 8.28. The lowest BCUT2D eigenvalue weighted by molar-refractivity contribution is -0.116. The van der Waals surface area contributed by atoms with Gasteiger partial charge in [-0.25, -0.2) is 19.2 Å². The third kappa shape index (κ3) is 12.2. The van der Waals surface area contributed by atoms with E-state index in [1.807, 2.05) is 0 Å². The van der Waals surface area contributed by atoms with Crippen molar-refractivity contribution >= 4 is 185 Å². The van der Waals surface area contributed by atoms with E-state index < -0.39 is 42.0 Å². The monoisotopic (exact) mass is 1290 g/mol. The van der Waals surface area contributed by atoms with Crippen molar-refractivity contribution < 1.29 is 67.1 Å². The molecule has 5 heterocycles. The SMILES string of the molecule is O=C1NC(=S)S/C1=C\c1ccc(C(=O)Oc2cc3c(cc2OC(=O)c2ccc(/C=C4\SC(=S)NC4=O)cc2)[C@@H]2c4ccc(OC(=O)c5ccc(/C=C6\SC(=S)NC6=O)cc5)c(OC(=O)c5ccc(/C=C6\SC(=S)NC6=O)cc5)c4OC[C@]2(O)C3)cc1. The molecule has 4 amide bonds. The zero-order valence-corrected chi connectivity index (χ0v) is 49.9. The van der Waals surface area contributed by atoms with Gasteiger partial charge in [0, 0.05) is 17.9 Å². The Labute approximate surface area is 524 Å². The van der Waals surface area contributed by atoms with Crippen molar-refractivity contribution in [2.45, 2.75) is 17.9 Å². The molecule has 4 saturated heterocycles. The summed E-state index contributed by atoms with van der Waals surface area (Å²) in [4.78, 5) is 107. The highest BCUT2D eigenvalue weighted by atomic mass is 32.2. The highest BCUT2D eigenvalue weighted by Gasteiger charge is 2.52. The molecule has 0 aromatic heterocycles. The van der Waals surface area contributed by atoms with Gasteiger partial charge in [-0.15, -0.1) is 0 Å². The maximum atomic E-state index is 14.2. The van der Waals surface area contributed by atoms with E-state index in [0.29, 0.717) is 70.3 Å². The van der Waals surface area contributed by atoms with Gasteiger partial charge >= 0.3 is 23.9 Å². The Morgan fingerprint density at radius 2 is 0.802 bits per heavy atom. The van der Waals surface area contributed by atoms with Gasteiger partial charge in [0.2, 0.25) is 5.75 Å². The molecule has 426 valence electrons. The highest BCUT2D eigenvalue weighted by Crippen LogP contribution is 2.57. The van der Waals surface area contributed by atoms with Crippen LogP contribution in [0.4, 0.5) is 0 Å². The summed E-state index contributed by atoms with van der Waals surface area (Å²) in [5.41, 5.74) is 2.10. The van der Waals surface area contributed by atoms with Crippen LogP contribution in [-0.2, 0) is 25.6 Å². The van der Waals surface area contributed by atoms with Gasteiger partial charge in [0.1, 0.15) is 29.5 Å². The topological polar surface area (TPSA) is 251 Å². The molecular weight excluding hydrogens is 1260 g/mol. The summed E-state index contributed by atoms with van der Waals surface area (Å²) >= 11 is 24.8. The number of carbonyl (C=O) groups is 8. The van der Waals surface area contributed by atoms with Crippen LogP contribution in [0, 0.1) is 0 Å². The maximum Gasteiger partial charge on any atom is 0.343 e. The first-order valence-corrected chi connectivity index (χ1v) is 30.2. The first kappa shape index (κ1) is 58.0. The van der Waals surface area contributed by atoms with Gasteiger partial charge in [-0.1, -0.05) is 151 Å². The third-order valence-electron chi connectivity index (χ3n) is 13.6. The Morgan fingerprint density at radius 1 is 0.465 bits per heavy atom. The van der Waals surface area contributed by atoms with Crippen molar-refractivity contribution in [2.75, 3.05) is 6.61 Å². The minimum Gasteiger partial charge on any atom is -0.486 e. The van der Waals surface area contributed by atoms with E-state index in [2.05, 4.69) is 21.3 Å². The number of benzene rings is 6. The largest absolute Gasteiger partial charge is 0.486 e. The van der Waals surface area contributed by atoms with Crippen molar-refractivity contribution in [3.63, 3.8) is 0 Å². The Bertz CT molecular complexity index is 4240. The van der Waals surface area contributed by atoms with E-state index in [4.69, 9.17) is 72.6 Å². The molecule has 0 unspecified atom stereocenters. The van der Waals surface area contributed by atoms with Gasteiger partial charge in [0.25, 0.3) is 23.6 Å². The Kier molecular flexibility index (Phi) is 16.0. The number of thiocarbonyl (C=S) groups is 4. The third-order valence-corrected chi connectivity index (χ3v) is 18.2. The van der Waals surface area contributed by atoms with E-state index in [-0.39, 0.29) is 86.6 Å². The fourth-order valence-corrected chi connectivity index (χ4v) is 13.8. The summed E-state index contributed by atoms with van der Waals surface area (Å²) in [6.45, 7) is -0.412. The van der Waals surface area contributed by atoms with Crippen LogP contribution in [-0.4, -0.2) is 82.1 Å². The van der Waals surface area contributed by atoms with Gasteiger partial charge in [-0.3, -0.25) is 19.2 Å². The van der Waals surface area contributed by atoms with Crippen LogP contribution in [0.15, 0.2) is 141 Å². The molecule has 18 nitrogen and oxygen atoms in total. The lowest BCUT2D eigenvalue weighted by atomic mass is 9.80. The number of nitrogens with one attached hydrogen (secondary N) is 4. The second kappa shape index (κ2) is 23.8. The number of rotatable bonds is 12. The second-order valence-electron chi connectivity index (χ2n) is 19.3. The summed E-state index contributed by atoms with van der Waals surface area (Å²) < 4.78 is 31.8. The molecule has 26 heteroatoms. The summed E-state index contributed by atoms with van der Waals surface area (Å²) in [6.07, 6.45) is 6.38. The average molecular weight is 1290 g/mol. The van der Waals surface area contributed by atoms with Crippen LogP contribution in [0.2, 0.25) is 0 Å². The number of hydrogen-bond donors (Lipinski definition) is 5. The van der Waals surface area contributed by atoms with Gasteiger partial charge in [0.05, 0.1) is 41.9 Å². The number of amides is 4. The van der Waals surface area contributed by atoms with Crippen LogP contribution in [0.1, 0.15) is 86.3 Å². The molecule has 6 aliphatic rings. The number of ether oxygens (including phenoxy) is 5. The molecule has 0 saturated carbocycles.